The van der Waals surface area contributed by atoms with Crippen LogP contribution in [0, 0.1) is 0 Å². The number of benzene rings is 2. The quantitative estimate of drug-likeness (QED) is 0.620. The molecule has 32 heavy (non-hydrogen) atoms. The fourth-order valence-corrected chi connectivity index (χ4v) is 4.48. The van der Waals surface area contributed by atoms with Gasteiger partial charge in [0.15, 0.2) is 5.96 Å². The van der Waals surface area contributed by atoms with Crippen molar-refractivity contribution in [3.63, 3.8) is 0 Å². The number of methoxy groups -OCH3 is 1. The van der Waals surface area contributed by atoms with Gasteiger partial charge in [-0.1, -0.05) is 18.2 Å². The van der Waals surface area contributed by atoms with E-state index in [9.17, 15) is 0 Å². The van der Waals surface area contributed by atoms with Crippen LogP contribution < -0.4 is 9.47 Å². The molecule has 2 aromatic rings. The average Bonchev–Trinajstić information content (AvgIpc) is 2.80. The standard InChI is InChI=1S/C26H34N4O2/c1-28-18-21-17-23(32-16-5-13-27-26-29(2)14-6-15-30(26)3)11-12-24(21)25(19-28)20-7-9-22(31-4)10-8-20/h6-12,14,17,25H,5,13,15-16,18-19H2,1-4H3. The van der Waals surface area contributed by atoms with Gasteiger partial charge in [-0.15, -0.1) is 0 Å². The van der Waals surface area contributed by atoms with Gasteiger partial charge in [0.1, 0.15) is 11.5 Å². The van der Waals surface area contributed by atoms with Gasteiger partial charge in [0.2, 0.25) is 0 Å². The first-order chi connectivity index (χ1) is 15.5. The van der Waals surface area contributed by atoms with Crippen LogP contribution in [0.2, 0.25) is 0 Å². The van der Waals surface area contributed by atoms with Crippen molar-refractivity contribution in [2.24, 2.45) is 4.99 Å². The monoisotopic (exact) mass is 434 g/mol. The topological polar surface area (TPSA) is 40.5 Å². The lowest BCUT2D eigenvalue weighted by molar-refractivity contribution is 0.289. The zero-order chi connectivity index (χ0) is 22.5. The Balaban J connectivity index is 1.37. The lowest BCUT2D eigenvalue weighted by atomic mass is 9.84. The Morgan fingerprint density at radius 1 is 1.03 bits per heavy atom. The third-order valence-corrected chi connectivity index (χ3v) is 6.13. The summed E-state index contributed by atoms with van der Waals surface area (Å²) in [7, 11) is 7.99. The molecule has 4 rings (SSSR count). The molecule has 6 nitrogen and oxygen atoms in total. The molecule has 1 atom stereocenters. The second-order valence-corrected chi connectivity index (χ2v) is 8.64. The number of nitrogens with zero attached hydrogens (tertiary/aromatic N) is 4. The second kappa shape index (κ2) is 10.1. The Morgan fingerprint density at radius 3 is 2.56 bits per heavy atom. The Hall–Kier alpha value is -2.99. The second-order valence-electron chi connectivity index (χ2n) is 8.64. The number of guanidine groups is 1. The maximum atomic E-state index is 6.08. The van der Waals surface area contributed by atoms with Crippen molar-refractivity contribution in [1.82, 2.24) is 14.7 Å². The Bertz CT molecular complexity index is 970. The van der Waals surface area contributed by atoms with Crippen LogP contribution in [0.1, 0.15) is 29.0 Å². The summed E-state index contributed by atoms with van der Waals surface area (Å²) >= 11 is 0. The number of likely N-dealkylation sites (N-methyl/N-ethyl adjacent to an activating group) is 2. The zero-order valence-electron chi connectivity index (χ0n) is 19.6. The average molecular weight is 435 g/mol. The molecule has 0 radical (unpaired) electrons. The van der Waals surface area contributed by atoms with Crippen molar-refractivity contribution in [3.05, 3.63) is 71.4 Å². The zero-order valence-corrected chi connectivity index (χ0v) is 19.6. The molecular weight excluding hydrogens is 400 g/mol. The van der Waals surface area contributed by atoms with Crippen LogP contribution in [-0.4, -0.2) is 75.2 Å². The van der Waals surface area contributed by atoms with Crippen LogP contribution in [-0.2, 0) is 6.54 Å². The molecule has 0 spiro atoms. The van der Waals surface area contributed by atoms with Crippen molar-refractivity contribution in [3.8, 4) is 11.5 Å². The molecule has 2 heterocycles. The van der Waals surface area contributed by atoms with E-state index < -0.39 is 0 Å². The van der Waals surface area contributed by atoms with Gasteiger partial charge in [-0.2, -0.15) is 0 Å². The van der Waals surface area contributed by atoms with Gasteiger partial charge < -0.3 is 24.2 Å². The molecule has 0 saturated heterocycles. The van der Waals surface area contributed by atoms with Crippen LogP contribution in [0.4, 0.5) is 0 Å². The maximum Gasteiger partial charge on any atom is 0.200 e. The van der Waals surface area contributed by atoms with E-state index in [0.717, 1.165) is 50.1 Å². The molecule has 0 saturated carbocycles. The lowest BCUT2D eigenvalue weighted by Gasteiger charge is -2.33. The number of rotatable bonds is 7. The molecule has 0 aromatic heterocycles. The van der Waals surface area contributed by atoms with Gasteiger partial charge in [0.25, 0.3) is 0 Å². The highest BCUT2D eigenvalue weighted by Crippen LogP contribution is 2.35. The molecular formula is C26H34N4O2. The molecule has 1 unspecified atom stereocenters. The van der Waals surface area contributed by atoms with Crippen molar-refractivity contribution < 1.29 is 9.47 Å². The van der Waals surface area contributed by atoms with E-state index in [1.807, 2.05) is 19.2 Å². The summed E-state index contributed by atoms with van der Waals surface area (Å²) in [5.74, 6) is 3.20. The number of hydrogen-bond acceptors (Lipinski definition) is 4. The Kier molecular flexibility index (Phi) is 7.00. The molecule has 6 heteroatoms. The highest BCUT2D eigenvalue weighted by Gasteiger charge is 2.25. The number of fused-ring (bicyclic) bond motifs is 1. The highest BCUT2D eigenvalue weighted by atomic mass is 16.5. The van der Waals surface area contributed by atoms with Crippen molar-refractivity contribution >= 4 is 5.96 Å². The minimum Gasteiger partial charge on any atom is -0.497 e. The van der Waals surface area contributed by atoms with Gasteiger partial charge in [0.05, 0.1) is 13.7 Å². The number of ether oxygens (including phenoxy) is 2. The number of hydrogen-bond donors (Lipinski definition) is 0. The van der Waals surface area contributed by atoms with E-state index >= 15 is 0 Å². The molecule has 2 aliphatic rings. The van der Waals surface area contributed by atoms with Crippen molar-refractivity contribution in [1.29, 1.82) is 0 Å². The van der Waals surface area contributed by atoms with Gasteiger partial charge in [-0.25, -0.2) is 0 Å². The maximum absolute atomic E-state index is 6.08. The van der Waals surface area contributed by atoms with Gasteiger partial charge in [-0.05, 0) is 54.1 Å². The molecule has 2 aliphatic heterocycles. The first-order valence-corrected chi connectivity index (χ1v) is 11.3. The fourth-order valence-electron chi connectivity index (χ4n) is 4.48. The number of aliphatic imine (C=N–C) groups is 1. The van der Waals surface area contributed by atoms with Gasteiger partial charge >= 0.3 is 0 Å². The lowest BCUT2D eigenvalue weighted by Crippen LogP contribution is -2.40. The largest absolute Gasteiger partial charge is 0.497 e. The molecule has 170 valence electrons. The molecule has 0 N–H and O–H groups in total. The van der Waals surface area contributed by atoms with Gasteiger partial charge in [0, 0.05) is 58.8 Å². The van der Waals surface area contributed by atoms with Crippen molar-refractivity contribution in [2.75, 3.05) is 54.5 Å². The van der Waals surface area contributed by atoms with E-state index in [2.05, 4.69) is 71.4 Å². The van der Waals surface area contributed by atoms with Crippen LogP contribution in [0.25, 0.3) is 0 Å². The summed E-state index contributed by atoms with van der Waals surface area (Å²) in [5, 5.41) is 0. The Morgan fingerprint density at radius 2 is 1.81 bits per heavy atom. The predicted octanol–water partition coefficient (Wildman–Crippen LogP) is 3.79. The smallest absolute Gasteiger partial charge is 0.200 e. The molecule has 0 aliphatic carbocycles. The summed E-state index contributed by atoms with van der Waals surface area (Å²) in [6.07, 6.45) is 5.09. The van der Waals surface area contributed by atoms with Crippen molar-refractivity contribution in [2.45, 2.75) is 18.9 Å². The minimum atomic E-state index is 0.359. The SMILES string of the molecule is COc1ccc(C2CN(C)Cc3cc(OCCCN=C4N(C)C=CCN4C)ccc32)cc1. The molecule has 2 aromatic carbocycles. The van der Waals surface area contributed by atoms with Crippen LogP contribution in [0.15, 0.2) is 59.7 Å². The van der Waals surface area contributed by atoms with Crippen LogP contribution >= 0.6 is 0 Å². The molecule has 0 bridgehead atoms. The van der Waals surface area contributed by atoms with Gasteiger partial charge in [-0.3, -0.25) is 4.99 Å². The summed E-state index contributed by atoms with van der Waals surface area (Å²) in [6, 6.07) is 15.0. The van der Waals surface area contributed by atoms with E-state index in [1.165, 1.54) is 16.7 Å². The van der Waals surface area contributed by atoms with E-state index in [-0.39, 0.29) is 0 Å². The summed E-state index contributed by atoms with van der Waals surface area (Å²) in [6.45, 7) is 4.28. The summed E-state index contributed by atoms with van der Waals surface area (Å²) in [5.41, 5.74) is 4.05. The first-order valence-electron chi connectivity index (χ1n) is 11.3. The van der Waals surface area contributed by atoms with E-state index in [0.29, 0.717) is 12.5 Å². The summed E-state index contributed by atoms with van der Waals surface area (Å²) in [4.78, 5) is 11.3. The highest BCUT2D eigenvalue weighted by molar-refractivity contribution is 5.81. The normalized spacial score (nSPS) is 19.9. The predicted molar refractivity (Wildman–Crippen MR) is 130 cm³/mol. The first kappa shape index (κ1) is 22.2. The minimum absolute atomic E-state index is 0.359. The van der Waals surface area contributed by atoms with Crippen LogP contribution in [0.5, 0.6) is 11.5 Å². The van der Waals surface area contributed by atoms with E-state index in [4.69, 9.17) is 14.5 Å². The summed E-state index contributed by atoms with van der Waals surface area (Å²) < 4.78 is 11.4. The third-order valence-electron chi connectivity index (χ3n) is 6.13. The fraction of sp³-hybridized carbons (Fsp3) is 0.423. The molecule has 0 fully saturated rings. The Labute approximate surface area is 191 Å². The third kappa shape index (κ3) is 5.07. The van der Waals surface area contributed by atoms with E-state index in [1.54, 1.807) is 7.11 Å². The van der Waals surface area contributed by atoms with Crippen LogP contribution in [0.3, 0.4) is 0 Å². The molecule has 0 amide bonds.